The van der Waals surface area contributed by atoms with Crippen molar-refractivity contribution in [3.05, 3.63) is 70.5 Å². The van der Waals surface area contributed by atoms with Gasteiger partial charge in [0, 0.05) is 6.04 Å². The van der Waals surface area contributed by atoms with Crippen molar-refractivity contribution in [3.63, 3.8) is 0 Å². The van der Waals surface area contributed by atoms with E-state index in [2.05, 4.69) is 15.6 Å². The number of benzene rings is 2. The summed E-state index contributed by atoms with van der Waals surface area (Å²) in [6.45, 7) is 5.54. The third-order valence-corrected chi connectivity index (χ3v) is 5.40. The first-order chi connectivity index (χ1) is 14.4. The summed E-state index contributed by atoms with van der Waals surface area (Å²) in [4.78, 5) is 41.8. The Kier molecular flexibility index (Phi) is 6.89. The molecule has 0 aliphatic rings. The first-order valence-corrected chi connectivity index (χ1v) is 10.6. The number of nitrogens with one attached hydrogen (secondary N) is 2. The monoisotopic (exact) mass is 424 g/mol. The lowest BCUT2D eigenvalue weighted by Crippen LogP contribution is -2.43. The number of amides is 3. The average molecular weight is 425 g/mol. The number of nitrogens with zero attached hydrogens (tertiary/aromatic N) is 2. The van der Waals surface area contributed by atoms with Crippen LogP contribution < -0.4 is 16.2 Å². The molecule has 2 aromatic carbocycles. The van der Waals surface area contributed by atoms with E-state index in [0.29, 0.717) is 16.1 Å². The van der Waals surface area contributed by atoms with Gasteiger partial charge in [0.25, 0.3) is 5.56 Å². The Labute approximate surface area is 178 Å². The number of rotatable bonds is 6. The lowest BCUT2D eigenvalue weighted by atomic mass is 10.1. The van der Waals surface area contributed by atoms with E-state index >= 15 is 0 Å². The highest BCUT2D eigenvalue weighted by atomic mass is 32.2. The van der Waals surface area contributed by atoms with E-state index in [1.54, 1.807) is 22.8 Å². The van der Waals surface area contributed by atoms with Crippen LogP contribution in [-0.4, -0.2) is 33.3 Å². The van der Waals surface area contributed by atoms with Gasteiger partial charge in [0.15, 0.2) is 5.16 Å². The molecule has 0 spiro atoms. The molecule has 0 radical (unpaired) electrons. The van der Waals surface area contributed by atoms with E-state index in [-0.39, 0.29) is 23.4 Å². The van der Waals surface area contributed by atoms with Crippen LogP contribution in [0.15, 0.2) is 64.5 Å². The standard InChI is InChI=1S/C22H24N4O3S/c1-14(2)23-21(29)25-19(27)13-30-22-24-18-12-8-7-11-17(18)20(28)26(22)15(3)16-9-5-4-6-10-16/h4-12,14-15H,13H2,1-3H3,(H2,23,25,27,29)/t15-/m0/s1. The Bertz CT molecular complexity index is 1110. The Hall–Kier alpha value is -3.13. The number of urea groups is 1. The first-order valence-electron chi connectivity index (χ1n) is 9.66. The summed E-state index contributed by atoms with van der Waals surface area (Å²) in [5.74, 6) is -0.503. The summed E-state index contributed by atoms with van der Waals surface area (Å²) in [6.07, 6.45) is 0. The summed E-state index contributed by atoms with van der Waals surface area (Å²) in [6, 6.07) is 15.9. The molecule has 3 aromatic rings. The molecule has 2 N–H and O–H groups in total. The molecule has 3 rings (SSSR count). The summed E-state index contributed by atoms with van der Waals surface area (Å²) in [5.41, 5.74) is 1.36. The molecule has 7 nitrogen and oxygen atoms in total. The topological polar surface area (TPSA) is 93.1 Å². The molecule has 0 aliphatic carbocycles. The Morgan fingerprint density at radius 1 is 1.03 bits per heavy atom. The van der Waals surface area contributed by atoms with Gasteiger partial charge in [0.1, 0.15) is 0 Å². The quantitative estimate of drug-likeness (QED) is 0.468. The van der Waals surface area contributed by atoms with E-state index in [1.165, 1.54) is 0 Å². The summed E-state index contributed by atoms with van der Waals surface area (Å²) >= 11 is 1.13. The fourth-order valence-electron chi connectivity index (χ4n) is 3.04. The molecule has 0 fully saturated rings. The summed E-state index contributed by atoms with van der Waals surface area (Å²) < 4.78 is 1.60. The van der Waals surface area contributed by atoms with Crippen LogP contribution in [0.4, 0.5) is 4.79 Å². The van der Waals surface area contributed by atoms with Gasteiger partial charge in [-0.2, -0.15) is 0 Å². The van der Waals surface area contributed by atoms with Crippen molar-refractivity contribution >= 4 is 34.6 Å². The molecule has 8 heteroatoms. The Morgan fingerprint density at radius 2 is 1.70 bits per heavy atom. The highest BCUT2D eigenvalue weighted by Crippen LogP contribution is 2.24. The second-order valence-corrected chi connectivity index (χ2v) is 8.08. The predicted molar refractivity (Wildman–Crippen MR) is 119 cm³/mol. The minimum atomic E-state index is -0.544. The normalized spacial score (nSPS) is 12.0. The number of para-hydroxylation sites is 1. The SMILES string of the molecule is CC(C)NC(=O)NC(=O)CSc1nc2ccccc2c(=O)n1[C@@H](C)c1ccccc1. The van der Waals surface area contributed by atoms with Crippen LogP contribution in [0.2, 0.25) is 0 Å². The highest BCUT2D eigenvalue weighted by molar-refractivity contribution is 7.99. The lowest BCUT2D eigenvalue weighted by Gasteiger charge is -2.20. The average Bonchev–Trinajstić information content (AvgIpc) is 2.72. The number of carbonyl (C=O) groups is 2. The van der Waals surface area contributed by atoms with Crippen molar-refractivity contribution in [1.29, 1.82) is 0 Å². The zero-order chi connectivity index (χ0) is 21.7. The third kappa shape index (κ3) is 5.07. The third-order valence-electron chi connectivity index (χ3n) is 4.45. The summed E-state index contributed by atoms with van der Waals surface area (Å²) in [5, 5.41) is 5.84. The van der Waals surface area contributed by atoms with E-state index in [1.807, 2.05) is 57.2 Å². The molecule has 0 unspecified atom stereocenters. The highest BCUT2D eigenvalue weighted by Gasteiger charge is 2.19. The molecule has 3 amide bonds. The van der Waals surface area contributed by atoms with Gasteiger partial charge in [0.2, 0.25) is 5.91 Å². The van der Waals surface area contributed by atoms with Crippen LogP contribution in [0, 0.1) is 0 Å². The fourth-order valence-corrected chi connectivity index (χ4v) is 3.92. The van der Waals surface area contributed by atoms with Gasteiger partial charge in [0.05, 0.1) is 22.7 Å². The molecule has 1 atom stereocenters. The van der Waals surface area contributed by atoms with Crippen LogP contribution in [0.3, 0.4) is 0 Å². The minimum Gasteiger partial charge on any atom is -0.336 e. The number of fused-ring (bicyclic) bond motifs is 1. The maximum Gasteiger partial charge on any atom is 0.321 e. The van der Waals surface area contributed by atoms with Gasteiger partial charge in [-0.1, -0.05) is 54.2 Å². The number of hydrogen-bond acceptors (Lipinski definition) is 5. The zero-order valence-corrected chi connectivity index (χ0v) is 17.9. The van der Waals surface area contributed by atoms with Crippen LogP contribution >= 0.6 is 11.8 Å². The minimum absolute atomic E-state index is 0.0438. The largest absolute Gasteiger partial charge is 0.336 e. The van der Waals surface area contributed by atoms with Crippen molar-refractivity contribution in [2.45, 2.75) is 38.0 Å². The second kappa shape index (κ2) is 9.58. The summed E-state index contributed by atoms with van der Waals surface area (Å²) in [7, 11) is 0. The molecule has 30 heavy (non-hydrogen) atoms. The van der Waals surface area contributed by atoms with Crippen molar-refractivity contribution in [2.75, 3.05) is 5.75 Å². The maximum atomic E-state index is 13.3. The van der Waals surface area contributed by atoms with E-state index in [0.717, 1.165) is 17.3 Å². The van der Waals surface area contributed by atoms with Crippen LogP contribution in [0.5, 0.6) is 0 Å². The first kappa shape index (κ1) is 21.6. The van der Waals surface area contributed by atoms with Crippen LogP contribution in [0.25, 0.3) is 10.9 Å². The zero-order valence-electron chi connectivity index (χ0n) is 17.1. The fraction of sp³-hybridized carbons (Fsp3) is 0.273. The molecule has 0 bridgehead atoms. The molecule has 0 saturated heterocycles. The lowest BCUT2D eigenvalue weighted by molar-refractivity contribution is -0.117. The van der Waals surface area contributed by atoms with Crippen molar-refractivity contribution in [2.24, 2.45) is 0 Å². The van der Waals surface area contributed by atoms with Gasteiger partial charge in [-0.3, -0.25) is 19.5 Å². The van der Waals surface area contributed by atoms with E-state index in [4.69, 9.17) is 0 Å². The number of hydrogen-bond donors (Lipinski definition) is 2. The van der Waals surface area contributed by atoms with E-state index in [9.17, 15) is 14.4 Å². The van der Waals surface area contributed by atoms with Gasteiger partial charge >= 0.3 is 6.03 Å². The molecular weight excluding hydrogens is 400 g/mol. The molecule has 0 saturated carbocycles. The van der Waals surface area contributed by atoms with Gasteiger partial charge < -0.3 is 5.32 Å². The van der Waals surface area contributed by atoms with Gasteiger partial charge in [-0.15, -0.1) is 0 Å². The maximum absolute atomic E-state index is 13.3. The van der Waals surface area contributed by atoms with Crippen molar-refractivity contribution in [1.82, 2.24) is 20.2 Å². The Balaban J connectivity index is 1.92. The number of imide groups is 1. The van der Waals surface area contributed by atoms with Crippen LogP contribution in [0.1, 0.15) is 32.4 Å². The van der Waals surface area contributed by atoms with Gasteiger partial charge in [-0.05, 0) is 38.5 Å². The second-order valence-electron chi connectivity index (χ2n) is 7.14. The molecular formula is C22H24N4O3S. The molecule has 156 valence electrons. The van der Waals surface area contributed by atoms with Crippen molar-refractivity contribution in [3.8, 4) is 0 Å². The Morgan fingerprint density at radius 3 is 2.40 bits per heavy atom. The van der Waals surface area contributed by atoms with Gasteiger partial charge in [-0.25, -0.2) is 9.78 Å². The van der Waals surface area contributed by atoms with Crippen molar-refractivity contribution < 1.29 is 9.59 Å². The molecule has 1 aromatic heterocycles. The predicted octanol–water partition coefficient (Wildman–Crippen LogP) is 3.33. The van der Waals surface area contributed by atoms with Crippen LogP contribution in [-0.2, 0) is 4.79 Å². The number of aromatic nitrogens is 2. The smallest absolute Gasteiger partial charge is 0.321 e. The molecule has 0 aliphatic heterocycles. The van der Waals surface area contributed by atoms with E-state index < -0.39 is 11.9 Å². The number of thioether (sulfide) groups is 1. The number of carbonyl (C=O) groups excluding carboxylic acids is 2. The molecule has 1 heterocycles.